The highest BCUT2D eigenvalue weighted by molar-refractivity contribution is 7.89. The molecule has 1 heterocycles. The quantitative estimate of drug-likeness (QED) is 0.847. The molecule has 0 spiro atoms. The number of piperidine rings is 1. The summed E-state index contributed by atoms with van der Waals surface area (Å²) in [6.07, 6.45) is 3.06. The maximum Gasteiger partial charge on any atom is 0.243 e. The van der Waals surface area contributed by atoms with Crippen LogP contribution >= 0.6 is 12.4 Å². The number of rotatable bonds is 6. The summed E-state index contributed by atoms with van der Waals surface area (Å²) >= 11 is 0. The minimum Gasteiger partial charge on any atom is -0.320 e. The minimum absolute atomic E-state index is 0. The molecule has 0 unspecified atom stereocenters. The van der Waals surface area contributed by atoms with Crippen LogP contribution in [0.5, 0.6) is 0 Å². The van der Waals surface area contributed by atoms with Crippen molar-refractivity contribution in [3.8, 4) is 0 Å². The maximum absolute atomic E-state index is 12.7. The Morgan fingerprint density at radius 2 is 1.74 bits per heavy atom. The molecule has 6 heteroatoms. The zero-order chi connectivity index (χ0) is 16.2. The summed E-state index contributed by atoms with van der Waals surface area (Å²) in [5, 5.41) is 3.16. The first-order valence-corrected chi connectivity index (χ1v) is 9.64. The van der Waals surface area contributed by atoms with E-state index in [1.807, 2.05) is 19.2 Å². The van der Waals surface area contributed by atoms with E-state index >= 15 is 0 Å². The molecule has 1 aromatic rings. The van der Waals surface area contributed by atoms with Gasteiger partial charge in [-0.3, -0.25) is 0 Å². The van der Waals surface area contributed by atoms with Gasteiger partial charge in [-0.15, -0.1) is 12.4 Å². The molecule has 1 aliphatic heterocycles. The van der Waals surface area contributed by atoms with Crippen LogP contribution in [-0.2, 0) is 10.0 Å². The Morgan fingerprint density at radius 1 is 1.17 bits per heavy atom. The van der Waals surface area contributed by atoms with Crippen molar-refractivity contribution in [2.24, 2.45) is 5.92 Å². The van der Waals surface area contributed by atoms with Gasteiger partial charge < -0.3 is 5.32 Å². The van der Waals surface area contributed by atoms with E-state index in [2.05, 4.69) is 19.2 Å². The van der Waals surface area contributed by atoms with E-state index in [1.54, 1.807) is 16.4 Å². The molecular formula is C17H29ClN2O2S. The van der Waals surface area contributed by atoms with E-state index in [0.29, 0.717) is 29.8 Å². The summed E-state index contributed by atoms with van der Waals surface area (Å²) in [5.41, 5.74) is 1.17. The third-order valence-electron chi connectivity index (χ3n) is 4.56. The lowest BCUT2D eigenvalue weighted by Crippen LogP contribution is -2.38. The zero-order valence-electron chi connectivity index (χ0n) is 14.3. The second-order valence-electron chi connectivity index (χ2n) is 6.46. The van der Waals surface area contributed by atoms with Gasteiger partial charge in [0.05, 0.1) is 4.90 Å². The highest BCUT2D eigenvalue weighted by atomic mass is 35.5. The van der Waals surface area contributed by atoms with Gasteiger partial charge in [0, 0.05) is 13.1 Å². The summed E-state index contributed by atoms with van der Waals surface area (Å²) in [5.74, 6) is 1.06. The van der Waals surface area contributed by atoms with Gasteiger partial charge in [-0.05, 0) is 62.4 Å². The average Bonchev–Trinajstić information content (AvgIpc) is 2.53. The van der Waals surface area contributed by atoms with Crippen molar-refractivity contribution in [2.75, 3.05) is 26.7 Å². The van der Waals surface area contributed by atoms with Crippen LogP contribution in [0.2, 0.25) is 0 Å². The first-order chi connectivity index (χ1) is 10.4. The smallest absolute Gasteiger partial charge is 0.243 e. The Morgan fingerprint density at radius 3 is 2.22 bits per heavy atom. The van der Waals surface area contributed by atoms with Crippen LogP contribution in [0, 0.1) is 5.92 Å². The lowest BCUT2D eigenvalue weighted by Gasteiger charge is -2.31. The van der Waals surface area contributed by atoms with Crippen LogP contribution in [0.3, 0.4) is 0 Å². The monoisotopic (exact) mass is 360 g/mol. The largest absolute Gasteiger partial charge is 0.320 e. The maximum atomic E-state index is 12.7. The number of nitrogens with one attached hydrogen (secondary N) is 1. The van der Waals surface area contributed by atoms with Crippen molar-refractivity contribution >= 4 is 22.4 Å². The van der Waals surface area contributed by atoms with Gasteiger partial charge in [-0.2, -0.15) is 4.31 Å². The van der Waals surface area contributed by atoms with E-state index in [4.69, 9.17) is 0 Å². The Hall–Kier alpha value is -0.620. The summed E-state index contributed by atoms with van der Waals surface area (Å²) in [6, 6.07) is 7.35. The molecule has 2 rings (SSSR count). The van der Waals surface area contributed by atoms with Crippen LogP contribution < -0.4 is 5.32 Å². The van der Waals surface area contributed by atoms with Crippen LogP contribution in [0.1, 0.15) is 44.6 Å². The molecule has 0 bridgehead atoms. The van der Waals surface area contributed by atoms with Crippen LogP contribution in [-0.4, -0.2) is 39.4 Å². The zero-order valence-corrected chi connectivity index (χ0v) is 15.9. The fourth-order valence-corrected chi connectivity index (χ4v) is 4.43. The van der Waals surface area contributed by atoms with Crippen molar-refractivity contribution < 1.29 is 8.42 Å². The second-order valence-corrected chi connectivity index (χ2v) is 8.40. The summed E-state index contributed by atoms with van der Waals surface area (Å²) < 4.78 is 27.1. The van der Waals surface area contributed by atoms with Gasteiger partial charge in [0.15, 0.2) is 0 Å². The first-order valence-electron chi connectivity index (χ1n) is 8.20. The van der Waals surface area contributed by atoms with Gasteiger partial charge in [0.2, 0.25) is 10.0 Å². The number of nitrogens with zero attached hydrogens (tertiary/aromatic N) is 1. The van der Waals surface area contributed by atoms with E-state index in [1.165, 1.54) is 5.56 Å². The number of hydrogen-bond donors (Lipinski definition) is 1. The molecule has 0 saturated carbocycles. The fraction of sp³-hybridized carbons (Fsp3) is 0.647. The van der Waals surface area contributed by atoms with Crippen LogP contribution in [0.15, 0.2) is 29.2 Å². The SMILES string of the molecule is CNCCC1CCN(S(=O)(=O)c2ccc(C(C)C)cc2)CC1.Cl. The van der Waals surface area contributed by atoms with E-state index in [9.17, 15) is 8.42 Å². The van der Waals surface area contributed by atoms with Crippen molar-refractivity contribution in [1.82, 2.24) is 9.62 Å². The standard InChI is InChI=1S/C17H28N2O2S.ClH/c1-14(2)16-4-6-17(7-5-16)22(20,21)19-12-9-15(10-13-19)8-11-18-3;/h4-7,14-15,18H,8-13H2,1-3H3;1H. The molecular weight excluding hydrogens is 332 g/mol. The van der Waals surface area contributed by atoms with Crippen molar-refractivity contribution in [3.63, 3.8) is 0 Å². The molecule has 4 nitrogen and oxygen atoms in total. The summed E-state index contributed by atoms with van der Waals surface area (Å²) in [6.45, 7) is 6.51. The van der Waals surface area contributed by atoms with Crippen molar-refractivity contribution in [3.05, 3.63) is 29.8 Å². The Kier molecular flexibility index (Phi) is 8.01. The second kappa shape index (κ2) is 9.02. The molecule has 0 amide bonds. The predicted octanol–water partition coefficient (Wildman–Crippen LogP) is 3.24. The molecule has 0 atom stereocenters. The first kappa shape index (κ1) is 20.4. The Bertz CT molecular complexity index is 565. The molecule has 1 aliphatic rings. The number of benzene rings is 1. The van der Waals surface area contributed by atoms with E-state index < -0.39 is 10.0 Å². The lowest BCUT2D eigenvalue weighted by molar-refractivity contribution is 0.263. The molecule has 23 heavy (non-hydrogen) atoms. The van der Waals surface area contributed by atoms with Gasteiger partial charge in [-0.25, -0.2) is 8.42 Å². The molecule has 1 saturated heterocycles. The Labute approximate surface area is 147 Å². The highest BCUT2D eigenvalue weighted by Crippen LogP contribution is 2.26. The average molecular weight is 361 g/mol. The summed E-state index contributed by atoms with van der Waals surface area (Å²) in [7, 11) is -1.37. The number of hydrogen-bond acceptors (Lipinski definition) is 3. The van der Waals surface area contributed by atoms with Crippen LogP contribution in [0.25, 0.3) is 0 Å². The van der Waals surface area contributed by atoms with Gasteiger partial charge >= 0.3 is 0 Å². The normalized spacial score (nSPS) is 17.2. The molecule has 0 radical (unpaired) electrons. The third kappa shape index (κ3) is 5.18. The number of sulfonamides is 1. The molecule has 0 aliphatic carbocycles. The number of halogens is 1. The molecule has 0 aromatic heterocycles. The fourth-order valence-electron chi connectivity index (χ4n) is 2.96. The summed E-state index contributed by atoms with van der Waals surface area (Å²) in [4.78, 5) is 0.422. The van der Waals surface area contributed by atoms with Gasteiger partial charge in [0.1, 0.15) is 0 Å². The van der Waals surface area contributed by atoms with Crippen molar-refractivity contribution in [1.29, 1.82) is 0 Å². The Balaban J connectivity index is 0.00000264. The predicted molar refractivity (Wildman–Crippen MR) is 97.8 cm³/mol. The van der Waals surface area contributed by atoms with E-state index in [-0.39, 0.29) is 12.4 Å². The molecule has 1 N–H and O–H groups in total. The topological polar surface area (TPSA) is 49.4 Å². The minimum atomic E-state index is -3.33. The van der Waals surface area contributed by atoms with Crippen LogP contribution in [0.4, 0.5) is 0 Å². The highest BCUT2D eigenvalue weighted by Gasteiger charge is 2.29. The van der Waals surface area contributed by atoms with Crippen molar-refractivity contribution in [2.45, 2.75) is 43.9 Å². The van der Waals surface area contributed by atoms with E-state index in [0.717, 1.165) is 25.8 Å². The lowest BCUT2D eigenvalue weighted by atomic mass is 9.95. The van der Waals surface area contributed by atoms with Gasteiger partial charge in [0.25, 0.3) is 0 Å². The van der Waals surface area contributed by atoms with Gasteiger partial charge in [-0.1, -0.05) is 26.0 Å². The molecule has 1 fully saturated rings. The molecule has 1 aromatic carbocycles. The third-order valence-corrected chi connectivity index (χ3v) is 6.47. The molecule has 132 valence electrons.